The van der Waals surface area contributed by atoms with Gasteiger partial charge in [-0.2, -0.15) is 0 Å². The highest BCUT2D eigenvalue weighted by molar-refractivity contribution is 5.50. The van der Waals surface area contributed by atoms with Gasteiger partial charge in [0.25, 0.3) is 0 Å². The molecule has 1 aromatic carbocycles. The van der Waals surface area contributed by atoms with Crippen molar-refractivity contribution in [3.63, 3.8) is 0 Å². The molecule has 0 amide bonds. The predicted molar refractivity (Wildman–Crippen MR) is 74.3 cm³/mol. The molecule has 0 radical (unpaired) electrons. The highest BCUT2D eigenvalue weighted by Gasteiger charge is 2.25. The molecule has 1 unspecified atom stereocenters. The van der Waals surface area contributed by atoms with Crippen molar-refractivity contribution in [2.24, 2.45) is 11.7 Å². The zero-order valence-corrected chi connectivity index (χ0v) is 11.6. The van der Waals surface area contributed by atoms with Crippen molar-refractivity contribution >= 4 is 5.69 Å². The Hall–Kier alpha value is -1.16. The first kappa shape index (κ1) is 14.3. The van der Waals surface area contributed by atoms with Gasteiger partial charge in [0.15, 0.2) is 0 Å². The van der Waals surface area contributed by atoms with Gasteiger partial charge in [-0.05, 0) is 49.3 Å². The van der Waals surface area contributed by atoms with Gasteiger partial charge in [0.05, 0.1) is 0 Å². The van der Waals surface area contributed by atoms with Gasteiger partial charge in [-0.25, -0.2) is 8.78 Å². The number of rotatable bonds is 6. The van der Waals surface area contributed by atoms with Crippen LogP contribution < -0.4 is 10.6 Å². The Labute approximate surface area is 113 Å². The Kier molecular flexibility index (Phi) is 4.40. The summed E-state index contributed by atoms with van der Waals surface area (Å²) in [7, 11) is 1.75. The minimum atomic E-state index is -0.485. The molecule has 0 bridgehead atoms. The van der Waals surface area contributed by atoms with Gasteiger partial charge in [0.2, 0.25) is 0 Å². The fourth-order valence-corrected chi connectivity index (χ4v) is 2.33. The number of nitrogens with zero attached hydrogens (tertiary/aromatic N) is 1. The third kappa shape index (κ3) is 3.66. The summed E-state index contributed by atoms with van der Waals surface area (Å²) in [5.74, 6) is -0.375. The lowest BCUT2D eigenvalue weighted by Crippen LogP contribution is -2.24. The Balaban J connectivity index is 2.15. The van der Waals surface area contributed by atoms with E-state index in [1.807, 2.05) is 6.92 Å². The lowest BCUT2D eigenvalue weighted by atomic mass is 10.0. The van der Waals surface area contributed by atoms with Crippen molar-refractivity contribution < 1.29 is 8.78 Å². The number of anilines is 1. The molecule has 4 heteroatoms. The standard InChI is InChI=1S/C15H22F2N2/c1-3-12(18)6-11-7-13(16)15(14(17)8-11)19(2)9-10-4-5-10/h7-8,10,12H,3-6,9,18H2,1-2H3. The van der Waals surface area contributed by atoms with Crippen LogP contribution in [0.15, 0.2) is 12.1 Å². The maximum absolute atomic E-state index is 14.1. The average Bonchev–Trinajstić information content (AvgIpc) is 3.11. The summed E-state index contributed by atoms with van der Waals surface area (Å²) in [6.45, 7) is 2.69. The molecule has 1 atom stereocenters. The fourth-order valence-electron chi connectivity index (χ4n) is 2.33. The fraction of sp³-hybridized carbons (Fsp3) is 0.600. The molecule has 0 aromatic heterocycles. The molecule has 0 saturated heterocycles. The molecule has 0 aliphatic heterocycles. The van der Waals surface area contributed by atoms with Crippen LogP contribution in [0.1, 0.15) is 31.7 Å². The number of hydrogen-bond donors (Lipinski definition) is 1. The first-order valence-corrected chi connectivity index (χ1v) is 6.95. The summed E-state index contributed by atoms with van der Waals surface area (Å²) in [6, 6.07) is 2.78. The minimum Gasteiger partial charge on any atom is -0.370 e. The molecule has 1 aromatic rings. The van der Waals surface area contributed by atoms with Crippen molar-refractivity contribution in [1.82, 2.24) is 0 Å². The normalized spacial score (nSPS) is 16.5. The van der Waals surface area contributed by atoms with E-state index in [4.69, 9.17) is 5.73 Å². The number of halogens is 2. The van der Waals surface area contributed by atoms with Gasteiger partial charge in [-0.15, -0.1) is 0 Å². The highest BCUT2D eigenvalue weighted by Crippen LogP contribution is 2.32. The molecule has 2 rings (SSSR count). The lowest BCUT2D eigenvalue weighted by Gasteiger charge is -2.21. The van der Waals surface area contributed by atoms with Crippen LogP contribution in [-0.2, 0) is 6.42 Å². The summed E-state index contributed by atoms with van der Waals surface area (Å²) in [5.41, 5.74) is 6.54. The number of benzene rings is 1. The second-order valence-corrected chi connectivity index (χ2v) is 5.60. The van der Waals surface area contributed by atoms with Crippen molar-refractivity contribution in [3.8, 4) is 0 Å². The van der Waals surface area contributed by atoms with Crippen LogP contribution in [0.5, 0.6) is 0 Å². The molecule has 1 aliphatic rings. The van der Waals surface area contributed by atoms with Crippen molar-refractivity contribution in [2.45, 2.75) is 38.6 Å². The van der Waals surface area contributed by atoms with Crippen LogP contribution in [0.2, 0.25) is 0 Å². The van der Waals surface area contributed by atoms with E-state index in [9.17, 15) is 8.78 Å². The lowest BCUT2D eigenvalue weighted by molar-refractivity contribution is 0.565. The minimum absolute atomic E-state index is 0.0474. The smallest absolute Gasteiger partial charge is 0.149 e. The van der Waals surface area contributed by atoms with E-state index >= 15 is 0 Å². The van der Waals surface area contributed by atoms with Gasteiger partial charge in [-0.3, -0.25) is 0 Å². The first-order valence-electron chi connectivity index (χ1n) is 6.95. The van der Waals surface area contributed by atoms with Crippen LogP contribution in [0.25, 0.3) is 0 Å². The third-order valence-corrected chi connectivity index (χ3v) is 3.71. The molecule has 1 fully saturated rings. The molecular weight excluding hydrogens is 246 g/mol. The topological polar surface area (TPSA) is 29.3 Å². The first-order chi connectivity index (χ1) is 9.01. The highest BCUT2D eigenvalue weighted by atomic mass is 19.1. The van der Waals surface area contributed by atoms with Crippen molar-refractivity contribution in [1.29, 1.82) is 0 Å². The van der Waals surface area contributed by atoms with Crippen LogP contribution in [0.3, 0.4) is 0 Å². The van der Waals surface area contributed by atoms with Gasteiger partial charge >= 0.3 is 0 Å². The Morgan fingerprint density at radius 3 is 2.37 bits per heavy atom. The van der Waals surface area contributed by atoms with E-state index in [0.717, 1.165) is 25.8 Å². The summed E-state index contributed by atoms with van der Waals surface area (Å²) in [6.07, 6.45) is 3.64. The second-order valence-electron chi connectivity index (χ2n) is 5.60. The quantitative estimate of drug-likeness (QED) is 0.859. The average molecular weight is 268 g/mol. The molecule has 0 heterocycles. The second kappa shape index (κ2) is 5.87. The van der Waals surface area contributed by atoms with E-state index in [2.05, 4.69) is 0 Å². The molecule has 2 nitrogen and oxygen atoms in total. The van der Waals surface area contributed by atoms with Crippen LogP contribution in [0.4, 0.5) is 14.5 Å². The summed E-state index contributed by atoms with van der Waals surface area (Å²) in [4.78, 5) is 1.69. The van der Waals surface area contributed by atoms with Crippen LogP contribution in [0, 0.1) is 17.6 Å². The maximum Gasteiger partial charge on any atom is 0.149 e. The number of hydrogen-bond acceptors (Lipinski definition) is 2. The SMILES string of the molecule is CCC(N)Cc1cc(F)c(N(C)CC2CC2)c(F)c1. The van der Waals surface area contributed by atoms with Gasteiger partial charge in [0, 0.05) is 19.6 Å². The van der Waals surface area contributed by atoms with E-state index in [-0.39, 0.29) is 11.7 Å². The molecule has 1 aliphatic carbocycles. The van der Waals surface area contributed by atoms with Crippen molar-refractivity contribution in [2.75, 3.05) is 18.5 Å². The van der Waals surface area contributed by atoms with Crippen LogP contribution in [-0.4, -0.2) is 19.6 Å². The summed E-state index contributed by atoms with van der Waals surface area (Å²) in [5, 5.41) is 0. The molecule has 2 N–H and O–H groups in total. The Morgan fingerprint density at radius 2 is 1.89 bits per heavy atom. The monoisotopic (exact) mass is 268 g/mol. The summed E-state index contributed by atoms with van der Waals surface area (Å²) < 4.78 is 28.1. The number of nitrogens with two attached hydrogens (primary N) is 1. The summed E-state index contributed by atoms with van der Waals surface area (Å²) >= 11 is 0. The molecular formula is C15H22F2N2. The third-order valence-electron chi connectivity index (χ3n) is 3.71. The molecule has 106 valence electrons. The van der Waals surface area contributed by atoms with E-state index in [1.165, 1.54) is 12.1 Å². The van der Waals surface area contributed by atoms with Gasteiger partial charge in [0.1, 0.15) is 17.3 Å². The Bertz CT molecular complexity index is 421. The predicted octanol–water partition coefficient (Wildman–Crippen LogP) is 3.09. The van der Waals surface area contributed by atoms with Gasteiger partial charge in [-0.1, -0.05) is 6.92 Å². The molecule has 19 heavy (non-hydrogen) atoms. The van der Waals surface area contributed by atoms with Gasteiger partial charge < -0.3 is 10.6 Å². The zero-order chi connectivity index (χ0) is 14.0. The molecule has 1 saturated carbocycles. The van der Waals surface area contributed by atoms with E-state index in [1.54, 1.807) is 11.9 Å². The zero-order valence-electron chi connectivity index (χ0n) is 11.6. The largest absolute Gasteiger partial charge is 0.370 e. The molecule has 0 spiro atoms. The van der Waals surface area contributed by atoms with E-state index < -0.39 is 11.6 Å². The van der Waals surface area contributed by atoms with Crippen LogP contribution >= 0.6 is 0 Å². The maximum atomic E-state index is 14.1. The van der Waals surface area contributed by atoms with E-state index in [0.29, 0.717) is 17.9 Å². The Morgan fingerprint density at radius 1 is 1.32 bits per heavy atom. The van der Waals surface area contributed by atoms with Crippen molar-refractivity contribution in [3.05, 3.63) is 29.3 Å².